The molecule has 0 aromatic heterocycles. The number of benzene rings is 1. The summed E-state index contributed by atoms with van der Waals surface area (Å²) in [6.07, 6.45) is -0.273. The first kappa shape index (κ1) is 24.9. The number of imide groups is 1. The largest absolute Gasteiger partial charge is 0.368 e. The molecule has 1 aromatic carbocycles. The number of hydrogen-bond acceptors (Lipinski definition) is 5. The van der Waals surface area contributed by atoms with E-state index >= 15 is 0 Å². The maximum absolute atomic E-state index is 13.7. The van der Waals surface area contributed by atoms with E-state index in [0.29, 0.717) is 36.2 Å². The lowest BCUT2D eigenvalue weighted by Gasteiger charge is -2.38. The number of carbonyl (C=O) groups is 3. The van der Waals surface area contributed by atoms with Crippen molar-refractivity contribution in [2.45, 2.75) is 31.2 Å². The summed E-state index contributed by atoms with van der Waals surface area (Å²) >= 11 is 12.2. The highest BCUT2D eigenvalue weighted by atomic mass is 35.5. The Labute approximate surface area is 206 Å². The van der Waals surface area contributed by atoms with Crippen molar-refractivity contribution >= 4 is 46.7 Å². The Morgan fingerprint density at radius 3 is 2.26 bits per heavy atom. The summed E-state index contributed by atoms with van der Waals surface area (Å²) in [5.74, 6) is -4.16. The van der Waals surface area contributed by atoms with Crippen LogP contribution in [0.3, 0.4) is 0 Å². The lowest BCUT2D eigenvalue weighted by Crippen LogP contribution is -2.57. The van der Waals surface area contributed by atoms with E-state index in [4.69, 9.17) is 23.2 Å². The highest BCUT2D eigenvalue weighted by Crippen LogP contribution is 2.31. The number of nitrogens with zero attached hydrogens (tertiary/aromatic N) is 3. The van der Waals surface area contributed by atoms with Crippen LogP contribution in [0.5, 0.6) is 0 Å². The number of alkyl halides is 2. The van der Waals surface area contributed by atoms with E-state index in [2.05, 4.69) is 15.5 Å². The molecule has 0 saturated carbocycles. The molecular weight excluding hydrogens is 491 g/mol. The van der Waals surface area contributed by atoms with Gasteiger partial charge in [0.15, 0.2) is 0 Å². The van der Waals surface area contributed by atoms with Gasteiger partial charge < -0.3 is 15.1 Å². The van der Waals surface area contributed by atoms with Gasteiger partial charge in [-0.3, -0.25) is 19.8 Å². The minimum absolute atomic E-state index is 0.0234. The summed E-state index contributed by atoms with van der Waals surface area (Å²) in [5.41, 5.74) is -0.546. The summed E-state index contributed by atoms with van der Waals surface area (Å²) < 4.78 is 27.4. The Morgan fingerprint density at radius 1 is 1.09 bits per heavy atom. The van der Waals surface area contributed by atoms with Crippen LogP contribution in [-0.2, 0) is 9.59 Å². The molecule has 0 spiro atoms. The number of halogens is 4. The van der Waals surface area contributed by atoms with Crippen LogP contribution in [0, 0.1) is 5.92 Å². The van der Waals surface area contributed by atoms with Crippen molar-refractivity contribution in [1.29, 1.82) is 0 Å². The average Bonchev–Trinajstić information content (AvgIpc) is 3.23. The molecule has 3 saturated heterocycles. The summed E-state index contributed by atoms with van der Waals surface area (Å²) in [6.45, 7) is 3.38. The molecule has 3 aliphatic heterocycles. The topological polar surface area (TPSA) is 85.0 Å². The number of hydrogen-bond donors (Lipinski definition) is 2. The Hall–Kier alpha value is -2.17. The van der Waals surface area contributed by atoms with E-state index in [1.54, 1.807) is 17.9 Å². The molecule has 12 heteroatoms. The molecule has 0 radical (unpaired) electrons. The maximum atomic E-state index is 13.7. The second-order valence-electron chi connectivity index (χ2n) is 9.35. The van der Waals surface area contributed by atoms with Crippen molar-refractivity contribution in [1.82, 2.24) is 20.4 Å². The zero-order valence-electron chi connectivity index (χ0n) is 18.8. The van der Waals surface area contributed by atoms with Gasteiger partial charge in [-0.2, -0.15) is 0 Å². The predicted octanol–water partition coefficient (Wildman–Crippen LogP) is 2.59. The van der Waals surface area contributed by atoms with Crippen molar-refractivity contribution in [3.63, 3.8) is 0 Å². The summed E-state index contributed by atoms with van der Waals surface area (Å²) in [6, 6.07) is 4.62. The van der Waals surface area contributed by atoms with E-state index in [-0.39, 0.29) is 31.8 Å². The highest BCUT2D eigenvalue weighted by molar-refractivity contribution is 6.35. The molecule has 186 valence electrons. The van der Waals surface area contributed by atoms with Gasteiger partial charge in [-0.15, -0.1) is 0 Å². The highest BCUT2D eigenvalue weighted by Gasteiger charge is 2.51. The van der Waals surface area contributed by atoms with Gasteiger partial charge in [0.25, 0.3) is 11.8 Å². The van der Waals surface area contributed by atoms with Crippen LogP contribution in [-0.4, -0.2) is 84.9 Å². The summed E-state index contributed by atoms with van der Waals surface area (Å²) in [5, 5.41) is 5.88. The smallest absolute Gasteiger partial charge is 0.322 e. The molecule has 0 bridgehead atoms. The fourth-order valence-electron chi connectivity index (χ4n) is 5.00. The van der Waals surface area contributed by atoms with Crippen LogP contribution in [0.2, 0.25) is 10.0 Å². The normalized spacial score (nSPS) is 25.9. The fraction of sp³-hybridized carbons (Fsp3) is 0.591. The third-order valence-corrected chi connectivity index (χ3v) is 7.07. The molecule has 8 nitrogen and oxygen atoms in total. The SMILES string of the molecule is CC(CC1(CN2CCC(F)(F)C2)NC(=O)NC1=O)C(=O)N1CCN(c2cc(Cl)cc(Cl)c2)CC1. The molecule has 2 unspecified atom stereocenters. The van der Waals surface area contributed by atoms with Gasteiger partial charge in [-0.05, 0) is 24.6 Å². The maximum Gasteiger partial charge on any atom is 0.322 e. The number of urea groups is 1. The standard InChI is InChI=1S/C22H27Cl2F2N5O3/c1-14(11-21(19(33)27-20(34)28-21)12-29-3-2-22(25,26)13-29)18(32)31-6-4-30(5-7-31)17-9-15(23)8-16(24)10-17/h8-10,14H,2-7,11-13H2,1H3,(H2,27,28,33,34). The van der Waals surface area contributed by atoms with Crippen LogP contribution >= 0.6 is 23.2 Å². The minimum Gasteiger partial charge on any atom is -0.368 e. The number of anilines is 1. The number of likely N-dealkylation sites (tertiary alicyclic amines) is 1. The van der Waals surface area contributed by atoms with E-state index in [1.165, 1.54) is 4.90 Å². The van der Waals surface area contributed by atoms with Crippen molar-refractivity contribution in [3.05, 3.63) is 28.2 Å². The number of rotatable bonds is 6. The van der Waals surface area contributed by atoms with Gasteiger partial charge in [0.2, 0.25) is 5.91 Å². The third-order valence-electron chi connectivity index (χ3n) is 6.64. The molecule has 4 rings (SSSR count). The zero-order valence-corrected chi connectivity index (χ0v) is 20.3. The van der Waals surface area contributed by atoms with Crippen LogP contribution in [0.1, 0.15) is 19.8 Å². The van der Waals surface area contributed by atoms with Gasteiger partial charge in [0.1, 0.15) is 5.54 Å². The van der Waals surface area contributed by atoms with Gasteiger partial charge in [-0.25, -0.2) is 13.6 Å². The van der Waals surface area contributed by atoms with Gasteiger partial charge >= 0.3 is 6.03 Å². The Balaban J connectivity index is 1.39. The first-order valence-electron chi connectivity index (χ1n) is 11.2. The average molecular weight is 518 g/mol. The summed E-state index contributed by atoms with van der Waals surface area (Å²) in [7, 11) is 0. The molecule has 34 heavy (non-hydrogen) atoms. The van der Waals surface area contributed by atoms with E-state index in [0.717, 1.165) is 5.69 Å². The Morgan fingerprint density at radius 2 is 1.74 bits per heavy atom. The molecule has 2 atom stereocenters. The Kier molecular flexibility index (Phi) is 6.94. The van der Waals surface area contributed by atoms with Gasteiger partial charge in [-0.1, -0.05) is 30.1 Å². The van der Waals surface area contributed by atoms with Crippen molar-refractivity contribution in [2.24, 2.45) is 5.92 Å². The third kappa shape index (κ3) is 5.39. The van der Waals surface area contributed by atoms with Gasteiger partial charge in [0, 0.05) is 67.3 Å². The Bertz CT molecular complexity index is 969. The monoisotopic (exact) mass is 517 g/mol. The zero-order chi connectivity index (χ0) is 24.7. The van der Waals surface area contributed by atoms with Crippen molar-refractivity contribution < 1.29 is 23.2 Å². The number of piperazine rings is 1. The van der Waals surface area contributed by atoms with E-state index in [1.807, 2.05) is 12.1 Å². The molecule has 1 aromatic rings. The lowest BCUT2D eigenvalue weighted by atomic mass is 9.86. The van der Waals surface area contributed by atoms with Crippen LogP contribution in [0.25, 0.3) is 0 Å². The molecule has 3 heterocycles. The van der Waals surface area contributed by atoms with Gasteiger partial charge in [0.05, 0.1) is 6.54 Å². The number of amides is 4. The predicted molar refractivity (Wildman–Crippen MR) is 124 cm³/mol. The molecule has 2 N–H and O–H groups in total. The lowest BCUT2D eigenvalue weighted by molar-refractivity contribution is -0.137. The van der Waals surface area contributed by atoms with Crippen molar-refractivity contribution in [2.75, 3.05) is 50.7 Å². The summed E-state index contributed by atoms with van der Waals surface area (Å²) in [4.78, 5) is 43.1. The van der Waals surface area contributed by atoms with E-state index in [9.17, 15) is 23.2 Å². The second-order valence-corrected chi connectivity index (χ2v) is 10.2. The molecular formula is C22H27Cl2F2N5O3. The molecule has 4 amide bonds. The molecule has 0 aliphatic carbocycles. The second kappa shape index (κ2) is 9.47. The quantitative estimate of drug-likeness (QED) is 0.566. The van der Waals surface area contributed by atoms with Crippen molar-refractivity contribution in [3.8, 4) is 0 Å². The molecule has 3 aliphatic rings. The number of nitrogens with one attached hydrogen (secondary N) is 2. The fourth-order valence-corrected chi connectivity index (χ4v) is 5.51. The first-order chi connectivity index (χ1) is 16.0. The van der Waals surface area contributed by atoms with Crippen LogP contribution in [0.15, 0.2) is 18.2 Å². The van der Waals surface area contributed by atoms with Crippen LogP contribution in [0.4, 0.5) is 19.3 Å². The first-order valence-corrected chi connectivity index (χ1v) is 12.0. The minimum atomic E-state index is -2.82. The van der Waals surface area contributed by atoms with E-state index < -0.39 is 35.9 Å². The molecule has 3 fully saturated rings. The number of carbonyl (C=O) groups excluding carboxylic acids is 3. The van der Waals surface area contributed by atoms with Crippen LogP contribution < -0.4 is 15.5 Å².